The average Bonchev–Trinajstić information content (AvgIpc) is 3.42. The number of thiol groups is 1. The second kappa shape index (κ2) is 9.47. The van der Waals surface area contributed by atoms with E-state index in [1.165, 1.54) is 35.1 Å². The summed E-state index contributed by atoms with van der Waals surface area (Å²) in [6, 6.07) is 3.65. The van der Waals surface area contributed by atoms with Crippen LogP contribution in [0.1, 0.15) is 11.3 Å². The van der Waals surface area contributed by atoms with E-state index in [1.54, 1.807) is 6.07 Å². The van der Waals surface area contributed by atoms with Gasteiger partial charge in [-0.2, -0.15) is 10.4 Å². The van der Waals surface area contributed by atoms with Crippen molar-refractivity contribution in [2.45, 2.75) is 29.3 Å². The Morgan fingerprint density at radius 2 is 2.18 bits per heavy atom. The summed E-state index contributed by atoms with van der Waals surface area (Å²) < 4.78 is 14.6. The van der Waals surface area contributed by atoms with Crippen molar-refractivity contribution < 1.29 is 19.7 Å². The van der Waals surface area contributed by atoms with Crippen molar-refractivity contribution >= 4 is 51.8 Å². The van der Waals surface area contributed by atoms with Crippen LogP contribution in [0.2, 0.25) is 10.2 Å². The molecule has 3 aromatic heterocycles. The van der Waals surface area contributed by atoms with Crippen molar-refractivity contribution in [3.63, 3.8) is 0 Å². The molecule has 5 atom stereocenters. The maximum atomic E-state index is 11.5. The number of ether oxygens (including phenoxy) is 2. The zero-order chi connectivity index (χ0) is 23.9. The van der Waals surface area contributed by atoms with Crippen molar-refractivity contribution in [1.29, 1.82) is 5.26 Å². The van der Waals surface area contributed by atoms with Gasteiger partial charge in [0.15, 0.2) is 11.0 Å². The number of aromatic nitrogens is 6. The van der Waals surface area contributed by atoms with Gasteiger partial charge in [-0.25, -0.2) is 14.3 Å². The standard InChI is InChI=1S/C18H16BrCl2N7O4S/c1-31-15-17(33)32-12(7-29)14(30)18(15,9-2-8(19)4-23-11(9)3-22)28-6-13(24-26-28)27-5-10(20)16(21)25-27/h2,4-6,12,14-15,17,29-30,33H,7H2,1H3/t12-,14+,15+,17-,18+/m0/s1. The lowest BCUT2D eigenvalue weighted by atomic mass is 9.75. The molecule has 4 heterocycles. The predicted molar refractivity (Wildman–Crippen MR) is 122 cm³/mol. The molecule has 0 radical (unpaired) electrons. The number of nitriles is 1. The second-order valence-corrected chi connectivity index (χ2v) is 9.26. The van der Waals surface area contributed by atoms with Gasteiger partial charge in [-0.3, -0.25) is 0 Å². The molecule has 2 N–H and O–H groups in total. The second-order valence-electron chi connectivity index (χ2n) is 7.07. The van der Waals surface area contributed by atoms with Crippen LogP contribution < -0.4 is 0 Å². The number of hydrogen-bond acceptors (Lipinski definition) is 10. The van der Waals surface area contributed by atoms with Crippen LogP contribution in [0, 0.1) is 11.3 Å². The Labute approximate surface area is 211 Å². The molecule has 3 aromatic rings. The normalized spacial score (nSPS) is 27.5. The van der Waals surface area contributed by atoms with E-state index in [0.717, 1.165) is 0 Å². The van der Waals surface area contributed by atoms with Gasteiger partial charge in [-0.15, -0.1) is 17.7 Å². The van der Waals surface area contributed by atoms with Crippen molar-refractivity contribution in [1.82, 2.24) is 29.8 Å². The molecular weight excluding hydrogens is 561 g/mol. The fourth-order valence-corrected chi connectivity index (χ4v) is 5.06. The van der Waals surface area contributed by atoms with Crippen LogP contribution in [0.15, 0.2) is 29.1 Å². The van der Waals surface area contributed by atoms with E-state index in [1.807, 2.05) is 6.07 Å². The van der Waals surface area contributed by atoms with E-state index in [9.17, 15) is 15.5 Å². The summed E-state index contributed by atoms with van der Waals surface area (Å²) in [5, 5.41) is 44.0. The molecule has 11 nitrogen and oxygen atoms in total. The van der Waals surface area contributed by atoms with E-state index in [4.69, 9.17) is 32.7 Å². The zero-order valence-electron chi connectivity index (χ0n) is 16.7. The van der Waals surface area contributed by atoms with E-state index in [-0.39, 0.29) is 27.3 Å². The summed E-state index contributed by atoms with van der Waals surface area (Å²) in [6.45, 7) is -0.536. The summed E-state index contributed by atoms with van der Waals surface area (Å²) >= 11 is 19.8. The average molecular weight is 577 g/mol. The molecule has 0 aromatic carbocycles. The molecule has 174 valence electrons. The number of pyridine rings is 1. The lowest BCUT2D eigenvalue weighted by Gasteiger charge is -2.51. The van der Waals surface area contributed by atoms with Gasteiger partial charge in [-0.05, 0) is 22.0 Å². The number of aliphatic hydroxyl groups excluding tert-OH is 2. The fourth-order valence-electron chi connectivity index (χ4n) is 3.96. The molecule has 0 unspecified atom stereocenters. The van der Waals surface area contributed by atoms with Crippen LogP contribution in [-0.2, 0) is 15.0 Å². The SMILES string of the molecule is CO[C@@H]1[C@H](S)O[C@@H](CO)[C@@H](O)[C@@]1(c1cc(Br)cnc1C#N)n1cc(-n2cc(Cl)c(Cl)n2)nn1. The highest BCUT2D eigenvalue weighted by Crippen LogP contribution is 2.45. The molecule has 0 aliphatic carbocycles. The van der Waals surface area contributed by atoms with E-state index in [0.29, 0.717) is 4.47 Å². The molecule has 1 saturated heterocycles. The minimum atomic E-state index is -1.64. The first kappa shape index (κ1) is 24.4. The number of halogens is 3. The Bertz CT molecular complexity index is 1200. The molecule has 4 rings (SSSR count). The first-order valence-electron chi connectivity index (χ1n) is 9.33. The Balaban J connectivity index is 2.02. The lowest BCUT2D eigenvalue weighted by molar-refractivity contribution is -0.213. The van der Waals surface area contributed by atoms with Crippen LogP contribution >= 0.6 is 51.8 Å². The summed E-state index contributed by atoms with van der Waals surface area (Å²) in [5.41, 5.74) is -2.31. The van der Waals surface area contributed by atoms with Crippen LogP contribution in [-0.4, -0.2) is 77.4 Å². The molecule has 0 amide bonds. The van der Waals surface area contributed by atoms with Crippen LogP contribution in [0.5, 0.6) is 0 Å². The molecule has 0 saturated carbocycles. The third kappa shape index (κ3) is 3.94. The van der Waals surface area contributed by atoms with Gasteiger partial charge in [-0.1, -0.05) is 28.4 Å². The highest BCUT2D eigenvalue weighted by molar-refractivity contribution is 9.10. The number of hydrogen-bond donors (Lipinski definition) is 3. The van der Waals surface area contributed by atoms with Crippen molar-refractivity contribution in [2.24, 2.45) is 0 Å². The predicted octanol–water partition coefficient (Wildman–Crippen LogP) is 1.57. The third-order valence-corrected chi connectivity index (χ3v) is 6.84. The third-order valence-electron chi connectivity index (χ3n) is 5.36. The molecule has 0 spiro atoms. The Morgan fingerprint density at radius 1 is 1.42 bits per heavy atom. The van der Waals surface area contributed by atoms with E-state index >= 15 is 0 Å². The number of aliphatic hydroxyl groups is 2. The van der Waals surface area contributed by atoms with E-state index in [2.05, 4.69) is 49.0 Å². The maximum absolute atomic E-state index is 11.5. The highest BCUT2D eigenvalue weighted by atomic mass is 79.9. The topological polar surface area (TPSA) is 144 Å². The molecule has 0 bridgehead atoms. The van der Waals surface area contributed by atoms with Crippen molar-refractivity contribution in [3.05, 3.63) is 50.6 Å². The minimum Gasteiger partial charge on any atom is -0.394 e. The summed E-state index contributed by atoms with van der Waals surface area (Å²) in [5.74, 6) is 0.217. The van der Waals surface area contributed by atoms with Gasteiger partial charge >= 0.3 is 0 Å². The van der Waals surface area contributed by atoms with Crippen molar-refractivity contribution in [2.75, 3.05) is 13.7 Å². The molecule has 1 fully saturated rings. The first-order valence-corrected chi connectivity index (χ1v) is 11.4. The Kier molecular flexibility index (Phi) is 7.00. The molecule has 15 heteroatoms. The quantitative estimate of drug-likeness (QED) is 0.385. The van der Waals surface area contributed by atoms with Gasteiger partial charge in [0.25, 0.3) is 0 Å². The maximum Gasteiger partial charge on any atom is 0.195 e. The monoisotopic (exact) mass is 575 g/mol. The highest BCUT2D eigenvalue weighted by Gasteiger charge is 2.60. The smallest absolute Gasteiger partial charge is 0.195 e. The van der Waals surface area contributed by atoms with Crippen molar-refractivity contribution in [3.8, 4) is 11.9 Å². The number of methoxy groups -OCH3 is 1. The van der Waals surface area contributed by atoms with Gasteiger partial charge in [0.1, 0.15) is 41.0 Å². The fraction of sp³-hybridized carbons (Fsp3) is 0.389. The summed E-state index contributed by atoms with van der Waals surface area (Å²) in [6.07, 6.45) is 0.812. The van der Waals surface area contributed by atoms with Gasteiger partial charge in [0, 0.05) is 23.3 Å². The number of nitrogens with zero attached hydrogens (tertiary/aromatic N) is 7. The van der Waals surface area contributed by atoms with Gasteiger partial charge in [0.2, 0.25) is 0 Å². The summed E-state index contributed by atoms with van der Waals surface area (Å²) in [4.78, 5) is 4.18. The molecule has 1 aliphatic rings. The molecule has 33 heavy (non-hydrogen) atoms. The first-order chi connectivity index (χ1) is 15.8. The largest absolute Gasteiger partial charge is 0.394 e. The zero-order valence-corrected chi connectivity index (χ0v) is 20.7. The van der Waals surface area contributed by atoms with Crippen LogP contribution in [0.25, 0.3) is 5.82 Å². The van der Waals surface area contributed by atoms with Crippen LogP contribution in [0.3, 0.4) is 0 Å². The van der Waals surface area contributed by atoms with Gasteiger partial charge < -0.3 is 19.7 Å². The summed E-state index contributed by atoms with van der Waals surface area (Å²) in [7, 11) is 1.40. The van der Waals surface area contributed by atoms with Crippen LogP contribution in [0.4, 0.5) is 0 Å². The number of rotatable bonds is 5. The minimum absolute atomic E-state index is 0.000603. The van der Waals surface area contributed by atoms with E-state index < -0.39 is 35.9 Å². The Hall–Kier alpha value is -1.76. The molecular formula is C18H16BrCl2N7O4S. The Morgan fingerprint density at radius 3 is 2.79 bits per heavy atom. The lowest BCUT2D eigenvalue weighted by Crippen LogP contribution is -2.68. The molecule has 1 aliphatic heterocycles. The van der Waals surface area contributed by atoms with Gasteiger partial charge in [0.05, 0.1) is 24.0 Å².